The van der Waals surface area contributed by atoms with E-state index >= 15 is 0 Å². The molecule has 0 unspecified atom stereocenters. The van der Waals surface area contributed by atoms with E-state index in [9.17, 15) is 9.59 Å². The molecule has 150 valence electrons. The number of carbonyl (C=O) groups is 2. The maximum absolute atomic E-state index is 12.9. The number of ether oxygens (including phenoxy) is 1. The Kier molecular flexibility index (Phi) is 7.88. The molecule has 5 nitrogen and oxygen atoms in total. The lowest BCUT2D eigenvalue weighted by atomic mass is 10.1. The van der Waals surface area contributed by atoms with Crippen LogP contribution in [-0.4, -0.2) is 35.4 Å². The molecular formula is C22H27ClN2O3. The third kappa shape index (κ3) is 6.27. The maximum atomic E-state index is 12.9. The van der Waals surface area contributed by atoms with Crippen LogP contribution in [0.1, 0.15) is 31.9 Å². The van der Waals surface area contributed by atoms with Gasteiger partial charge in [0.05, 0.1) is 5.02 Å². The van der Waals surface area contributed by atoms with Crippen molar-refractivity contribution in [3.8, 4) is 5.75 Å². The Morgan fingerprint density at radius 1 is 1.07 bits per heavy atom. The molecule has 0 heterocycles. The molecule has 2 amide bonds. The fourth-order valence-corrected chi connectivity index (χ4v) is 2.85. The minimum absolute atomic E-state index is 0.00866. The molecule has 0 aromatic heterocycles. The van der Waals surface area contributed by atoms with Gasteiger partial charge in [0.15, 0.2) is 6.61 Å². The second-order valence-electron chi connectivity index (χ2n) is 7.07. The molecule has 0 saturated heterocycles. The zero-order valence-electron chi connectivity index (χ0n) is 16.7. The molecule has 0 aliphatic carbocycles. The first-order chi connectivity index (χ1) is 13.3. The summed E-state index contributed by atoms with van der Waals surface area (Å²) in [5.41, 5.74) is 2.08. The SMILES string of the molecule is Cc1ccc(CN(C(=O)COc2ccccc2Cl)[C@@H](C)C(=O)NC(C)C)cc1. The Morgan fingerprint density at radius 3 is 2.32 bits per heavy atom. The Hall–Kier alpha value is -2.53. The molecule has 0 radical (unpaired) electrons. The van der Waals surface area contributed by atoms with Crippen molar-refractivity contribution in [3.05, 3.63) is 64.7 Å². The van der Waals surface area contributed by atoms with E-state index in [4.69, 9.17) is 16.3 Å². The van der Waals surface area contributed by atoms with Crippen molar-refractivity contribution in [2.24, 2.45) is 0 Å². The van der Waals surface area contributed by atoms with E-state index in [1.54, 1.807) is 31.2 Å². The smallest absolute Gasteiger partial charge is 0.261 e. The van der Waals surface area contributed by atoms with Gasteiger partial charge >= 0.3 is 0 Å². The van der Waals surface area contributed by atoms with Crippen LogP contribution in [0.2, 0.25) is 5.02 Å². The number of hydrogen-bond acceptors (Lipinski definition) is 3. The molecule has 0 aliphatic rings. The number of carbonyl (C=O) groups excluding carboxylic acids is 2. The summed E-state index contributed by atoms with van der Waals surface area (Å²) in [4.78, 5) is 26.9. The number of aryl methyl sites for hydroxylation is 1. The highest BCUT2D eigenvalue weighted by atomic mass is 35.5. The first kappa shape index (κ1) is 21.8. The molecule has 2 aromatic carbocycles. The number of amides is 2. The van der Waals surface area contributed by atoms with Gasteiger partial charge in [0.2, 0.25) is 5.91 Å². The molecule has 1 N–H and O–H groups in total. The number of hydrogen-bond donors (Lipinski definition) is 1. The van der Waals surface area contributed by atoms with Crippen molar-refractivity contribution in [1.29, 1.82) is 0 Å². The summed E-state index contributed by atoms with van der Waals surface area (Å²) in [6, 6.07) is 14.2. The fraction of sp³-hybridized carbons (Fsp3) is 0.364. The van der Waals surface area contributed by atoms with Gasteiger partial charge in [0, 0.05) is 12.6 Å². The largest absolute Gasteiger partial charge is 0.482 e. The number of rotatable bonds is 8. The predicted octanol–water partition coefficient (Wildman–Crippen LogP) is 3.97. The topological polar surface area (TPSA) is 58.6 Å². The van der Waals surface area contributed by atoms with Crippen LogP contribution < -0.4 is 10.1 Å². The van der Waals surface area contributed by atoms with Crippen LogP contribution in [0.25, 0.3) is 0 Å². The van der Waals surface area contributed by atoms with Gasteiger partial charge in [-0.2, -0.15) is 0 Å². The lowest BCUT2D eigenvalue weighted by molar-refractivity contribution is -0.142. The summed E-state index contributed by atoms with van der Waals surface area (Å²) < 4.78 is 5.59. The van der Waals surface area contributed by atoms with E-state index < -0.39 is 6.04 Å². The van der Waals surface area contributed by atoms with Crippen molar-refractivity contribution in [2.75, 3.05) is 6.61 Å². The van der Waals surface area contributed by atoms with E-state index in [0.717, 1.165) is 11.1 Å². The van der Waals surface area contributed by atoms with Crippen molar-refractivity contribution in [3.63, 3.8) is 0 Å². The summed E-state index contributed by atoms with van der Waals surface area (Å²) >= 11 is 6.09. The summed E-state index contributed by atoms with van der Waals surface area (Å²) in [7, 11) is 0. The second kappa shape index (κ2) is 10.1. The lowest BCUT2D eigenvalue weighted by Crippen LogP contribution is -2.50. The van der Waals surface area contributed by atoms with Crippen LogP contribution in [0.15, 0.2) is 48.5 Å². The molecular weight excluding hydrogens is 376 g/mol. The molecule has 6 heteroatoms. The molecule has 0 bridgehead atoms. The van der Waals surface area contributed by atoms with E-state index in [2.05, 4.69) is 5.32 Å². The van der Waals surface area contributed by atoms with Crippen LogP contribution in [0, 0.1) is 6.92 Å². The number of para-hydroxylation sites is 1. The number of nitrogens with one attached hydrogen (secondary N) is 1. The minimum Gasteiger partial charge on any atom is -0.482 e. The van der Waals surface area contributed by atoms with E-state index in [-0.39, 0.29) is 24.5 Å². The molecule has 0 fully saturated rings. The Labute approximate surface area is 171 Å². The van der Waals surface area contributed by atoms with Gasteiger partial charge in [0.1, 0.15) is 11.8 Å². The number of benzene rings is 2. The Morgan fingerprint density at radius 2 is 1.71 bits per heavy atom. The summed E-state index contributed by atoms with van der Waals surface area (Å²) in [5, 5.41) is 3.30. The highest BCUT2D eigenvalue weighted by Crippen LogP contribution is 2.23. The van der Waals surface area contributed by atoms with Crippen LogP contribution >= 0.6 is 11.6 Å². The quantitative estimate of drug-likeness (QED) is 0.726. The average molecular weight is 403 g/mol. The molecule has 0 saturated carbocycles. The Bertz CT molecular complexity index is 806. The molecule has 2 aromatic rings. The van der Waals surface area contributed by atoms with Crippen molar-refractivity contribution < 1.29 is 14.3 Å². The number of nitrogens with zero attached hydrogens (tertiary/aromatic N) is 1. The van der Waals surface area contributed by atoms with Gasteiger partial charge in [-0.15, -0.1) is 0 Å². The fourth-order valence-electron chi connectivity index (χ4n) is 2.66. The van der Waals surface area contributed by atoms with Gasteiger partial charge in [0.25, 0.3) is 5.91 Å². The van der Waals surface area contributed by atoms with Crippen LogP contribution in [-0.2, 0) is 16.1 Å². The normalized spacial score (nSPS) is 11.8. The van der Waals surface area contributed by atoms with Crippen LogP contribution in [0.5, 0.6) is 5.75 Å². The standard InChI is InChI=1S/C22H27ClN2O3/c1-15(2)24-22(27)17(4)25(13-18-11-9-16(3)10-12-18)21(26)14-28-20-8-6-5-7-19(20)23/h5-12,15,17H,13-14H2,1-4H3,(H,24,27)/t17-/m0/s1. The summed E-state index contributed by atoms with van der Waals surface area (Å²) in [5.74, 6) is -0.0489. The summed E-state index contributed by atoms with van der Waals surface area (Å²) in [6.07, 6.45) is 0. The predicted molar refractivity (Wildman–Crippen MR) is 111 cm³/mol. The van der Waals surface area contributed by atoms with Crippen molar-refractivity contribution >= 4 is 23.4 Å². The lowest BCUT2D eigenvalue weighted by Gasteiger charge is -2.29. The van der Waals surface area contributed by atoms with E-state index in [1.165, 1.54) is 4.90 Å². The highest BCUT2D eigenvalue weighted by Gasteiger charge is 2.27. The third-order valence-corrected chi connectivity index (χ3v) is 4.57. The van der Waals surface area contributed by atoms with Crippen molar-refractivity contribution in [1.82, 2.24) is 10.2 Å². The zero-order chi connectivity index (χ0) is 20.7. The second-order valence-corrected chi connectivity index (χ2v) is 7.47. The van der Waals surface area contributed by atoms with Gasteiger partial charge < -0.3 is 15.0 Å². The van der Waals surface area contributed by atoms with Crippen LogP contribution in [0.3, 0.4) is 0 Å². The Balaban J connectivity index is 2.15. The number of halogens is 1. The van der Waals surface area contributed by atoms with Gasteiger partial charge in [-0.25, -0.2) is 0 Å². The first-order valence-corrected chi connectivity index (χ1v) is 9.68. The van der Waals surface area contributed by atoms with E-state index in [1.807, 2.05) is 45.0 Å². The minimum atomic E-state index is -0.633. The van der Waals surface area contributed by atoms with E-state index in [0.29, 0.717) is 17.3 Å². The summed E-state index contributed by atoms with van der Waals surface area (Å²) in [6.45, 7) is 7.61. The molecule has 0 spiro atoms. The van der Waals surface area contributed by atoms with Gasteiger partial charge in [-0.3, -0.25) is 9.59 Å². The van der Waals surface area contributed by atoms with Gasteiger partial charge in [-0.05, 0) is 45.4 Å². The molecule has 1 atom stereocenters. The van der Waals surface area contributed by atoms with Gasteiger partial charge in [-0.1, -0.05) is 53.6 Å². The zero-order valence-corrected chi connectivity index (χ0v) is 17.5. The van der Waals surface area contributed by atoms with Crippen molar-refractivity contribution in [2.45, 2.75) is 46.3 Å². The molecule has 2 rings (SSSR count). The monoisotopic (exact) mass is 402 g/mol. The third-order valence-electron chi connectivity index (χ3n) is 4.26. The van der Waals surface area contributed by atoms with Crippen LogP contribution in [0.4, 0.5) is 0 Å². The average Bonchev–Trinajstić information content (AvgIpc) is 2.65. The molecule has 28 heavy (non-hydrogen) atoms. The highest BCUT2D eigenvalue weighted by molar-refractivity contribution is 6.32. The first-order valence-electron chi connectivity index (χ1n) is 9.30. The maximum Gasteiger partial charge on any atom is 0.261 e. The molecule has 0 aliphatic heterocycles.